The third kappa shape index (κ3) is 5.67. The summed E-state index contributed by atoms with van der Waals surface area (Å²) in [7, 11) is 0. The van der Waals surface area contributed by atoms with E-state index in [9.17, 15) is 14.4 Å². The van der Waals surface area contributed by atoms with Gasteiger partial charge in [0.2, 0.25) is 11.8 Å². The van der Waals surface area contributed by atoms with Crippen LogP contribution in [-0.4, -0.2) is 30.9 Å². The number of hydrogen-bond acceptors (Lipinski definition) is 4. The maximum Gasteiger partial charge on any atom is 0.338 e. The Labute approximate surface area is 159 Å². The number of benzene rings is 2. The second kappa shape index (κ2) is 9.52. The Hall–Kier alpha value is -3.15. The Kier molecular flexibility index (Phi) is 7.11. The summed E-state index contributed by atoms with van der Waals surface area (Å²) in [5.74, 6) is -0.942. The van der Waals surface area contributed by atoms with E-state index in [4.69, 9.17) is 4.74 Å². The predicted octanol–water partition coefficient (Wildman–Crippen LogP) is 2.84. The summed E-state index contributed by atoms with van der Waals surface area (Å²) < 4.78 is 4.94. The predicted molar refractivity (Wildman–Crippen MR) is 103 cm³/mol. The van der Waals surface area contributed by atoms with Crippen molar-refractivity contribution in [3.63, 3.8) is 0 Å². The fourth-order valence-electron chi connectivity index (χ4n) is 2.58. The highest BCUT2D eigenvalue weighted by atomic mass is 16.5. The van der Waals surface area contributed by atoms with Gasteiger partial charge in [-0.15, -0.1) is 0 Å². The second-order valence-electron chi connectivity index (χ2n) is 6.08. The quantitative estimate of drug-likeness (QED) is 0.763. The minimum absolute atomic E-state index is 0.0973. The van der Waals surface area contributed by atoms with Gasteiger partial charge in [-0.3, -0.25) is 9.59 Å². The number of rotatable bonds is 7. The number of nitrogens with zero attached hydrogens (tertiary/aromatic N) is 1. The number of esters is 1. The van der Waals surface area contributed by atoms with Crippen LogP contribution in [0.25, 0.3) is 0 Å². The summed E-state index contributed by atoms with van der Waals surface area (Å²) in [6.45, 7) is 5.71. The van der Waals surface area contributed by atoms with Crippen molar-refractivity contribution in [2.45, 2.75) is 27.3 Å². The number of anilines is 1. The fourth-order valence-corrected chi connectivity index (χ4v) is 2.58. The van der Waals surface area contributed by atoms with Crippen LogP contribution in [0.5, 0.6) is 0 Å². The van der Waals surface area contributed by atoms with Gasteiger partial charge in [-0.1, -0.05) is 24.3 Å². The van der Waals surface area contributed by atoms with Crippen LogP contribution in [0.2, 0.25) is 0 Å². The van der Waals surface area contributed by atoms with Gasteiger partial charge in [0.1, 0.15) is 6.54 Å². The molecule has 2 rings (SSSR count). The monoisotopic (exact) mass is 368 g/mol. The van der Waals surface area contributed by atoms with Gasteiger partial charge in [0, 0.05) is 19.2 Å². The number of hydrogen-bond donors (Lipinski definition) is 1. The molecule has 6 nitrogen and oxygen atoms in total. The first-order chi connectivity index (χ1) is 12.9. The normalized spacial score (nSPS) is 10.2. The number of ether oxygens (including phenoxy) is 1. The highest BCUT2D eigenvalue weighted by molar-refractivity contribution is 5.98. The molecule has 0 aliphatic rings. The first kappa shape index (κ1) is 20.2. The van der Waals surface area contributed by atoms with Gasteiger partial charge in [0.05, 0.1) is 12.2 Å². The average Bonchev–Trinajstić information content (AvgIpc) is 2.65. The molecule has 2 aromatic rings. The maximum absolute atomic E-state index is 12.3. The van der Waals surface area contributed by atoms with Crippen LogP contribution in [0.4, 0.5) is 5.69 Å². The van der Waals surface area contributed by atoms with E-state index in [2.05, 4.69) is 5.32 Å². The number of amides is 2. The van der Waals surface area contributed by atoms with Crippen molar-refractivity contribution in [1.29, 1.82) is 0 Å². The van der Waals surface area contributed by atoms with Crippen LogP contribution in [0.1, 0.15) is 35.3 Å². The topological polar surface area (TPSA) is 75.7 Å². The number of carbonyl (C=O) groups is 3. The SMILES string of the molecule is CCOC(=O)c1ccc(N(CC(=O)NCc2ccccc2C)C(C)=O)cc1. The van der Waals surface area contributed by atoms with E-state index in [0.29, 0.717) is 24.4 Å². The Bertz CT molecular complexity index is 815. The van der Waals surface area contributed by atoms with Crippen LogP contribution >= 0.6 is 0 Å². The number of carbonyl (C=O) groups excluding carboxylic acids is 3. The van der Waals surface area contributed by atoms with Crippen LogP contribution in [0.15, 0.2) is 48.5 Å². The van der Waals surface area contributed by atoms with E-state index in [1.165, 1.54) is 11.8 Å². The molecule has 27 heavy (non-hydrogen) atoms. The van der Waals surface area contributed by atoms with Crippen molar-refractivity contribution in [3.8, 4) is 0 Å². The lowest BCUT2D eigenvalue weighted by molar-refractivity contribution is -0.123. The Morgan fingerprint density at radius 2 is 1.70 bits per heavy atom. The molecule has 0 spiro atoms. The summed E-state index contributed by atoms with van der Waals surface area (Å²) >= 11 is 0. The lowest BCUT2D eigenvalue weighted by Gasteiger charge is -2.21. The first-order valence-corrected chi connectivity index (χ1v) is 8.79. The number of aryl methyl sites for hydroxylation is 1. The maximum atomic E-state index is 12.3. The second-order valence-corrected chi connectivity index (χ2v) is 6.08. The first-order valence-electron chi connectivity index (χ1n) is 8.79. The van der Waals surface area contributed by atoms with Gasteiger partial charge in [0.15, 0.2) is 0 Å². The van der Waals surface area contributed by atoms with E-state index in [0.717, 1.165) is 11.1 Å². The zero-order valence-corrected chi connectivity index (χ0v) is 15.8. The van der Waals surface area contributed by atoms with E-state index in [-0.39, 0.29) is 18.4 Å². The molecule has 0 aliphatic carbocycles. The lowest BCUT2D eigenvalue weighted by Crippen LogP contribution is -2.39. The van der Waals surface area contributed by atoms with Crippen molar-refractivity contribution < 1.29 is 19.1 Å². The standard InChI is InChI=1S/C21H24N2O4/c1-4-27-21(26)17-9-11-19(12-10-17)23(16(3)24)14-20(25)22-13-18-8-6-5-7-15(18)2/h5-12H,4,13-14H2,1-3H3,(H,22,25). The summed E-state index contributed by atoms with van der Waals surface area (Å²) in [5.41, 5.74) is 3.06. The summed E-state index contributed by atoms with van der Waals surface area (Å²) in [6.07, 6.45) is 0. The summed E-state index contributed by atoms with van der Waals surface area (Å²) in [5, 5.41) is 2.83. The zero-order valence-electron chi connectivity index (χ0n) is 15.8. The Balaban J connectivity index is 2.02. The fraction of sp³-hybridized carbons (Fsp3) is 0.286. The number of nitrogens with one attached hydrogen (secondary N) is 1. The van der Waals surface area contributed by atoms with Crippen molar-refractivity contribution in [3.05, 3.63) is 65.2 Å². The van der Waals surface area contributed by atoms with Crippen molar-refractivity contribution >= 4 is 23.5 Å². The molecule has 2 aromatic carbocycles. The van der Waals surface area contributed by atoms with Crippen molar-refractivity contribution in [1.82, 2.24) is 5.32 Å². The van der Waals surface area contributed by atoms with Gasteiger partial charge in [-0.25, -0.2) is 4.79 Å². The van der Waals surface area contributed by atoms with Gasteiger partial charge in [-0.05, 0) is 49.2 Å². The van der Waals surface area contributed by atoms with E-state index in [1.54, 1.807) is 31.2 Å². The van der Waals surface area contributed by atoms with Crippen LogP contribution in [0.3, 0.4) is 0 Å². The van der Waals surface area contributed by atoms with Crippen LogP contribution in [0, 0.1) is 6.92 Å². The minimum Gasteiger partial charge on any atom is -0.462 e. The summed E-state index contributed by atoms with van der Waals surface area (Å²) in [6, 6.07) is 14.2. The highest BCUT2D eigenvalue weighted by Gasteiger charge is 2.16. The van der Waals surface area contributed by atoms with Gasteiger partial charge in [-0.2, -0.15) is 0 Å². The van der Waals surface area contributed by atoms with Crippen LogP contribution in [-0.2, 0) is 20.9 Å². The molecule has 2 amide bonds. The average molecular weight is 368 g/mol. The van der Waals surface area contributed by atoms with Crippen molar-refractivity contribution in [2.75, 3.05) is 18.1 Å². The molecule has 1 N–H and O–H groups in total. The molecule has 0 fully saturated rings. The largest absolute Gasteiger partial charge is 0.462 e. The third-order valence-electron chi connectivity index (χ3n) is 4.11. The van der Waals surface area contributed by atoms with E-state index < -0.39 is 5.97 Å². The Morgan fingerprint density at radius 3 is 2.30 bits per heavy atom. The molecule has 0 bridgehead atoms. The van der Waals surface area contributed by atoms with Crippen LogP contribution < -0.4 is 10.2 Å². The molecule has 142 valence electrons. The molecule has 0 radical (unpaired) electrons. The third-order valence-corrected chi connectivity index (χ3v) is 4.11. The zero-order chi connectivity index (χ0) is 19.8. The molecule has 0 atom stereocenters. The lowest BCUT2D eigenvalue weighted by atomic mass is 10.1. The minimum atomic E-state index is -0.422. The van der Waals surface area contributed by atoms with E-state index in [1.807, 2.05) is 31.2 Å². The molecule has 0 unspecified atom stereocenters. The van der Waals surface area contributed by atoms with E-state index >= 15 is 0 Å². The van der Waals surface area contributed by atoms with Gasteiger partial charge in [0.25, 0.3) is 0 Å². The molecule has 0 aliphatic heterocycles. The smallest absolute Gasteiger partial charge is 0.338 e. The molecule has 0 saturated heterocycles. The Morgan fingerprint density at radius 1 is 1.04 bits per heavy atom. The molecule has 6 heteroatoms. The highest BCUT2D eigenvalue weighted by Crippen LogP contribution is 2.16. The molecular formula is C21H24N2O4. The molecule has 0 aromatic heterocycles. The molecule has 0 heterocycles. The summed E-state index contributed by atoms with van der Waals surface area (Å²) in [4.78, 5) is 37.4. The van der Waals surface area contributed by atoms with Gasteiger partial charge >= 0.3 is 5.97 Å². The molecule has 0 saturated carbocycles. The van der Waals surface area contributed by atoms with Crippen molar-refractivity contribution in [2.24, 2.45) is 0 Å². The molecular weight excluding hydrogens is 344 g/mol. The van der Waals surface area contributed by atoms with Gasteiger partial charge < -0.3 is 15.0 Å².